The summed E-state index contributed by atoms with van der Waals surface area (Å²) < 4.78 is 71.2. The second kappa shape index (κ2) is 12.3. The molecule has 310 valence electrons. The SMILES string of the molecule is CC(C)(C)c1cc(C(C)(C)C)c2cc3c4c5c(c(C#N)cc4n4c6cc(C#N)c7c(c6c(c2c1)c34)C1(CCCCC1)CCC71CCCCC1)C(F)(F)c1ccccc1C5(F)F. The third-order valence-electron chi connectivity index (χ3n) is 16.0. The maximum atomic E-state index is 17.6. The number of nitrogens with zero attached hydrogens (tertiary/aromatic N) is 3. The standard InChI is InChI=1S/C54H51F4N3/c1-49(2,3)32-25-34-33(38(26-32)50(4,5)6)27-35-41-39(24-31(29-60)45-47(41)54(57,58)37-16-10-9-15-36(37)53(45,55)56)61-40-23-30(28-59)44-46(43(40)42(34)48(35)61)52(19-13-8-14-20-52)22-21-51(44)17-11-7-12-18-51/h9-10,15-16,23-27H,7-8,11-14,17-22H2,1-6H3. The highest BCUT2D eigenvalue weighted by Gasteiger charge is 2.56. The first kappa shape index (κ1) is 38.8. The maximum Gasteiger partial charge on any atom is 0.300 e. The molecule has 0 N–H and O–H groups in total. The summed E-state index contributed by atoms with van der Waals surface area (Å²) in [6.45, 7) is 13.2. The zero-order chi connectivity index (χ0) is 42.8. The Labute approximate surface area is 354 Å². The van der Waals surface area contributed by atoms with Crippen LogP contribution in [0.1, 0.15) is 174 Å². The van der Waals surface area contributed by atoms with E-state index in [4.69, 9.17) is 0 Å². The van der Waals surface area contributed by atoms with Crippen molar-refractivity contribution in [2.45, 2.75) is 152 Å². The number of alkyl halides is 4. The van der Waals surface area contributed by atoms with Crippen LogP contribution in [-0.2, 0) is 33.5 Å². The minimum Gasteiger partial charge on any atom is -0.308 e. The summed E-state index contributed by atoms with van der Waals surface area (Å²) in [5, 5.41) is 26.5. The molecule has 7 heteroatoms. The Bertz CT molecular complexity index is 3140. The van der Waals surface area contributed by atoms with Crippen molar-refractivity contribution >= 4 is 48.9 Å². The van der Waals surface area contributed by atoms with Crippen LogP contribution < -0.4 is 0 Å². The molecule has 0 aliphatic heterocycles. The molecule has 2 saturated carbocycles. The molecule has 4 aliphatic carbocycles. The van der Waals surface area contributed by atoms with E-state index in [0.29, 0.717) is 22.0 Å². The molecule has 4 aliphatic rings. The third kappa shape index (κ3) is 4.90. The van der Waals surface area contributed by atoms with E-state index in [9.17, 15) is 10.5 Å². The minimum absolute atomic E-state index is 0.0455. The number of fused-ring (bicyclic) bond motifs is 15. The van der Waals surface area contributed by atoms with E-state index in [0.717, 1.165) is 115 Å². The van der Waals surface area contributed by atoms with Gasteiger partial charge in [-0.05, 0) is 117 Å². The Kier molecular flexibility index (Phi) is 7.80. The number of benzene rings is 5. The second-order valence-electron chi connectivity index (χ2n) is 21.3. The molecule has 0 radical (unpaired) electrons. The first-order valence-electron chi connectivity index (χ1n) is 22.5. The summed E-state index contributed by atoms with van der Waals surface area (Å²) in [6.07, 6.45) is 13.0. The van der Waals surface area contributed by atoms with Gasteiger partial charge in [0.1, 0.15) is 0 Å². The van der Waals surface area contributed by atoms with Crippen molar-refractivity contribution in [3.8, 4) is 12.1 Å². The monoisotopic (exact) mass is 817 g/mol. The van der Waals surface area contributed by atoms with Gasteiger partial charge in [0.15, 0.2) is 0 Å². The molecule has 0 saturated heterocycles. The Morgan fingerprint density at radius 1 is 0.525 bits per heavy atom. The number of hydrogen-bond donors (Lipinski definition) is 0. The highest BCUT2D eigenvalue weighted by atomic mass is 19.3. The number of aromatic nitrogens is 1. The smallest absolute Gasteiger partial charge is 0.300 e. The van der Waals surface area contributed by atoms with Crippen molar-refractivity contribution < 1.29 is 17.6 Å². The van der Waals surface area contributed by atoms with Crippen molar-refractivity contribution in [1.82, 2.24) is 4.40 Å². The molecule has 7 aromatic rings. The zero-order valence-corrected chi connectivity index (χ0v) is 36.0. The summed E-state index contributed by atoms with van der Waals surface area (Å²) >= 11 is 0. The minimum atomic E-state index is -3.85. The zero-order valence-electron chi connectivity index (χ0n) is 36.0. The van der Waals surface area contributed by atoms with Crippen molar-refractivity contribution in [2.24, 2.45) is 0 Å². The quantitative estimate of drug-likeness (QED) is 0.143. The molecule has 61 heavy (non-hydrogen) atoms. The summed E-state index contributed by atoms with van der Waals surface area (Å²) in [7, 11) is 0. The van der Waals surface area contributed by atoms with Crippen LogP contribution >= 0.6 is 0 Å². The molecule has 3 nitrogen and oxygen atoms in total. The molecule has 0 bridgehead atoms. The van der Waals surface area contributed by atoms with E-state index in [1.807, 2.05) is 22.6 Å². The summed E-state index contributed by atoms with van der Waals surface area (Å²) in [5.74, 6) is -7.69. The fourth-order valence-corrected chi connectivity index (χ4v) is 13.2. The molecule has 0 unspecified atom stereocenters. The van der Waals surface area contributed by atoms with Crippen molar-refractivity contribution in [1.29, 1.82) is 10.5 Å². The van der Waals surface area contributed by atoms with Crippen LogP contribution in [0.15, 0.2) is 54.6 Å². The Morgan fingerprint density at radius 3 is 1.59 bits per heavy atom. The summed E-state index contributed by atoms with van der Waals surface area (Å²) in [4.78, 5) is 0. The molecule has 2 heterocycles. The van der Waals surface area contributed by atoms with Gasteiger partial charge in [-0.2, -0.15) is 28.1 Å². The van der Waals surface area contributed by atoms with Crippen LogP contribution in [0.25, 0.3) is 48.9 Å². The van der Waals surface area contributed by atoms with E-state index >= 15 is 17.6 Å². The molecule has 0 amide bonds. The van der Waals surface area contributed by atoms with Gasteiger partial charge >= 0.3 is 5.92 Å². The molecule has 2 spiro atoms. The van der Waals surface area contributed by atoms with Gasteiger partial charge in [0.05, 0.1) is 45.4 Å². The first-order valence-corrected chi connectivity index (χ1v) is 22.5. The average molecular weight is 818 g/mol. The normalized spacial score (nSPS) is 20.3. The van der Waals surface area contributed by atoms with Gasteiger partial charge in [-0.15, -0.1) is 0 Å². The summed E-state index contributed by atoms with van der Waals surface area (Å²) in [6, 6.07) is 19.5. The molecule has 5 aromatic carbocycles. The predicted octanol–water partition coefficient (Wildman–Crippen LogP) is 15.1. The van der Waals surface area contributed by atoms with Gasteiger partial charge in [0, 0.05) is 38.2 Å². The number of nitriles is 2. The molecule has 0 atom stereocenters. The maximum absolute atomic E-state index is 17.6. The van der Waals surface area contributed by atoms with Gasteiger partial charge in [0.2, 0.25) is 0 Å². The van der Waals surface area contributed by atoms with E-state index in [2.05, 4.69) is 59.7 Å². The van der Waals surface area contributed by atoms with Crippen molar-refractivity contribution in [3.05, 3.63) is 110 Å². The molecular formula is C54H51F4N3. The molecule has 2 fully saturated rings. The Morgan fingerprint density at radius 2 is 1.05 bits per heavy atom. The lowest BCUT2D eigenvalue weighted by molar-refractivity contribution is -0.0104. The van der Waals surface area contributed by atoms with E-state index in [1.165, 1.54) is 42.2 Å². The van der Waals surface area contributed by atoms with E-state index in [1.54, 1.807) is 0 Å². The van der Waals surface area contributed by atoms with Crippen LogP contribution in [0.2, 0.25) is 0 Å². The van der Waals surface area contributed by atoms with E-state index in [-0.39, 0.29) is 27.0 Å². The first-order chi connectivity index (χ1) is 28.9. The largest absolute Gasteiger partial charge is 0.308 e. The third-order valence-corrected chi connectivity index (χ3v) is 16.0. The average Bonchev–Trinajstić information content (AvgIpc) is 3.74. The number of hydrogen-bond acceptors (Lipinski definition) is 2. The topological polar surface area (TPSA) is 52.0 Å². The van der Waals surface area contributed by atoms with Gasteiger partial charge in [0.25, 0.3) is 5.92 Å². The lowest BCUT2D eigenvalue weighted by Gasteiger charge is -2.52. The van der Waals surface area contributed by atoms with Crippen molar-refractivity contribution in [2.75, 3.05) is 0 Å². The Hall–Kier alpha value is -5.14. The second-order valence-corrected chi connectivity index (χ2v) is 21.3. The lowest BCUT2D eigenvalue weighted by Crippen LogP contribution is -2.43. The number of halogens is 4. The van der Waals surface area contributed by atoms with Gasteiger partial charge in [-0.25, -0.2) is 0 Å². The van der Waals surface area contributed by atoms with Gasteiger partial charge < -0.3 is 4.40 Å². The summed E-state index contributed by atoms with van der Waals surface area (Å²) in [5.41, 5.74) is 2.50. The van der Waals surface area contributed by atoms with Gasteiger partial charge in [-0.3, -0.25) is 0 Å². The van der Waals surface area contributed by atoms with Gasteiger partial charge in [-0.1, -0.05) is 110 Å². The Balaban J connectivity index is 1.46. The van der Waals surface area contributed by atoms with Crippen LogP contribution in [0.4, 0.5) is 17.6 Å². The molecular weight excluding hydrogens is 767 g/mol. The highest BCUT2D eigenvalue weighted by Crippen LogP contribution is 2.63. The fraction of sp³-hybridized carbons (Fsp3) is 0.444. The fourth-order valence-electron chi connectivity index (χ4n) is 13.2. The molecule has 11 rings (SSSR count). The van der Waals surface area contributed by atoms with Crippen LogP contribution in [0.3, 0.4) is 0 Å². The predicted molar refractivity (Wildman–Crippen MR) is 237 cm³/mol. The van der Waals surface area contributed by atoms with Crippen LogP contribution in [0, 0.1) is 22.7 Å². The highest BCUT2D eigenvalue weighted by molar-refractivity contribution is 6.33. The van der Waals surface area contributed by atoms with Crippen LogP contribution in [-0.4, -0.2) is 4.40 Å². The number of rotatable bonds is 0. The van der Waals surface area contributed by atoms with E-state index < -0.39 is 39.7 Å². The van der Waals surface area contributed by atoms with Crippen molar-refractivity contribution in [3.63, 3.8) is 0 Å². The lowest BCUT2D eigenvalue weighted by atomic mass is 9.52. The molecule has 2 aromatic heterocycles. The van der Waals surface area contributed by atoms with Crippen LogP contribution in [0.5, 0.6) is 0 Å².